The van der Waals surface area contributed by atoms with E-state index >= 15 is 0 Å². The van der Waals surface area contributed by atoms with Gasteiger partial charge in [0.2, 0.25) is 0 Å². The monoisotopic (exact) mass is 262 g/mol. The van der Waals surface area contributed by atoms with Crippen LogP contribution in [0.5, 0.6) is 0 Å². The fourth-order valence-corrected chi connectivity index (χ4v) is 1.99. The number of hydrogen-bond acceptors (Lipinski definition) is 3. The Kier molecular flexibility index (Phi) is 6.19. The molecule has 0 spiro atoms. The lowest BCUT2D eigenvalue weighted by Crippen LogP contribution is -2.37. The second-order valence-corrected chi connectivity index (χ2v) is 5.54. The smallest absolute Gasteiger partial charge is 0.179 e. The van der Waals surface area contributed by atoms with Gasteiger partial charge >= 0.3 is 0 Å². The van der Waals surface area contributed by atoms with E-state index in [1.807, 2.05) is 45.2 Å². The number of carbonyl (C=O) groups excluding carboxylic acids is 1. The van der Waals surface area contributed by atoms with Gasteiger partial charge in [-0.05, 0) is 54.5 Å². The Balaban J connectivity index is 2.53. The maximum Gasteiger partial charge on any atom is 0.179 e. The molecule has 1 rings (SSSR count). The highest BCUT2D eigenvalue weighted by Crippen LogP contribution is 2.10. The van der Waals surface area contributed by atoms with Gasteiger partial charge in [-0.2, -0.15) is 0 Å². The number of hydrogen-bond donors (Lipinski definition) is 0. The van der Waals surface area contributed by atoms with Crippen LogP contribution in [-0.2, 0) is 0 Å². The maximum absolute atomic E-state index is 12.3. The molecule has 19 heavy (non-hydrogen) atoms. The molecular formula is C16H26N2O. The third-order valence-electron chi connectivity index (χ3n) is 3.49. The molecule has 1 aromatic carbocycles. The van der Waals surface area contributed by atoms with Gasteiger partial charge in [0.25, 0.3) is 0 Å². The fraction of sp³-hybridized carbons (Fsp3) is 0.562. The molecule has 0 N–H and O–H groups in total. The first-order valence-corrected chi connectivity index (χ1v) is 6.87. The van der Waals surface area contributed by atoms with Gasteiger partial charge in [0.15, 0.2) is 5.78 Å². The van der Waals surface area contributed by atoms with Crippen molar-refractivity contribution in [3.05, 3.63) is 35.4 Å². The molecule has 0 saturated carbocycles. The Morgan fingerprint density at radius 1 is 1.11 bits per heavy atom. The van der Waals surface area contributed by atoms with Crippen molar-refractivity contribution in [3.8, 4) is 0 Å². The molecule has 0 radical (unpaired) electrons. The van der Waals surface area contributed by atoms with Crippen LogP contribution in [0, 0.1) is 6.92 Å². The molecule has 0 heterocycles. The van der Waals surface area contributed by atoms with E-state index in [-0.39, 0.29) is 11.8 Å². The van der Waals surface area contributed by atoms with E-state index in [0.29, 0.717) is 0 Å². The Morgan fingerprint density at radius 3 is 2.21 bits per heavy atom. The van der Waals surface area contributed by atoms with E-state index in [0.717, 1.165) is 25.1 Å². The lowest BCUT2D eigenvalue weighted by atomic mass is 10.0. The number of carbonyl (C=O) groups is 1. The minimum atomic E-state index is -0.0649. The maximum atomic E-state index is 12.3. The van der Waals surface area contributed by atoms with Gasteiger partial charge in [0, 0.05) is 5.56 Å². The van der Waals surface area contributed by atoms with Gasteiger partial charge in [-0.1, -0.05) is 29.8 Å². The van der Waals surface area contributed by atoms with Crippen LogP contribution in [0.15, 0.2) is 24.3 Å². The van der Waals surface area contributed by atoms with Crippen LogP contribution in [0.3, 0.4) is 0 Å². The molecule has 1 atom stereocenters. The summed E-state index contributed by atoms with van der Waals surface area (Å²) in [7, 11) is 6.16. The molecule has 0 saturated heterocycles. The average molecular weight is 262 g/mol. The van der Waals surface area contributed by atoms with Crippen LogP contribution in [0.1, 0.15) is 29.3 Å². The predicted molar refractivity (Wildman–Crippen MR) is 80.8 cm³/mol. The molecule has 1 unspecified atom stereocenters. The standard InChI is InChI=1S/C16H26N2O/c1-13-7-9-15(10-8-13)16(19)14(2)18(5)12-6-11-17(3)4/h7-10,14H,6,11-12H2,1-5H3. The second kappa shape index (κ2) is 7.41. The molecule has 0 aliphatic heterocycles. The minimum Gasteiger partial charge on any atom is -0.309 e. The van der Waals surface area contributed by atoms with Crippen LogP contribution in [0.4, 0.5) is 0 Å². The lowest BCUT2D eigenvalue weighted by Gasteiger charge is -2.24. The lowest BCUT2D eigenvalue weighted by molar-refractivity contribution is 0.0865. The summed E-state index contributed by atoms with van der Waals surface area (Å²) in [6.07, 6.45) is 1.08. The normalized spacial score (nSPS) is 13.0. The van der Waals surface area contributed by atoms with Crippen LogP contribution < -0.4 is 0 Å². The Morgan fingerprint density at radius 2 is 1.68 bits per heavy atom. The van der Waals surface area contributed by atoms with Crippen molar-refractivity contribution in [2.75, 3.05) is 34.2 Å². The third-order valence-corrected chi connectivity index (χ3v) is 3.49. The van der Waals surface area contributed by atoms with Crippen LogP contribution in [0.2, 0.25) is 0 Å². The summed E-state index contributed by atoms with van der Waals surface area (Å²) in [6.45, 7) is 6.01. The molecule has 0 aliphatic rings. The molecule has 1 aromatic rings. The largest absolute Gasteiger partial charge is 0.309 e. The number of nitrogens with zero attached hydrogens (tertiary/aromatic N) is 2. The van der Waals surface area contributed by atoms with E-state index < -0.39 is 0 Å². The Labute approximate surface area is 117 Å². The highest BCUT2D eigenvalue weighted by molar-refractivity contribution is 5.99. The number of Topliss-reactive ketones (excluding diaryl/α,β-unsaturated/α-hetero) is 1. The average Bonchev–Trinajstić information content (AvgIpc) is 2.37. The summed E-state index contributed by atoms with van der Waals surface area (Å²) in [5.74, 6) is 0.201. The first-order valence-electron chi connectivity index (χ1n) is 6.87. The molecule has 0 aromatic heterocycles. The first kappa shape index (κ1) is 15.9. The molecule has 3 nitrogen and oxygen atoms in total. The summed E-state index contributed by atoms with van der Waals surface area (Å²) in [5, 5.41) is 0. The highest BCUT2D eigenvalue weighted by Gasteiger charge is 2.19. The van der Waals surface area contributed by atoms with Crippen LogP contribution in [0.25, 0.3) is 0 Å². The van der Waals surface area contributed by atoms with Crippen molar-refractivity contribution in [2.45, 2.75) is 26.3 Å². The summed E-state index contributed by atoms with van der Waals surface area (Å²) in [6, 6.07) is 7.76. The third kappa shape index (κ3) is 5.13. The zero-order valence-electron chi connectivity index (χ0n) is 12.8. The van der Waals surface area contributed by atoms with E-state index in [9.17, 15) is 4.79 Å². The van der Waals surface area contributed by atoms with E-state index in [2.05, 4.69) is 23.9 Å². The molecule has 0 amide bonds. The van der Waals surface area contributed by atoms with Crippen molar-refractivity contribution >= 4 is 5.78 Å². The van der Waals surface area contributed by atoms with Gasteiger partial charge in [-0.25, -0.2) is 0 Å². The summed E-state index contributed by atoms with van der Waals surface area (Å²) in [5.41, 5.74) is 1.99. The van der Waals surface area contributed by atoms with Crippen LogP contribution >= 0.6 is 0 Å². The number of ketones is 1. The highest BCUT2D eigenvalue weighted by atomic mass is 16.1. The second-order valence-electron chi connectivity index (χ2n) is 5.54. The van der Waals surface area contributed by atoms with Gasteiger partial charge in [0.05, 0.1) is 6.04 Å². The molecule has 0 aliphatic carbocycles. The van der Waals surface area contributed by atoms with E-state index in [4.69, 9.17) is 0 Å². The van der Waals surface area contributed by atoms with Gasteiger partial charge in [-0.15, -0.1) is 0 Å². The van der Waals surface area contributed by atoms with Crippen molar-refractivity contribution in [1.29, 1.82) is 0 Å². The van der Waals surface area contributed by atoms with E-state index in [1.54, 1.807) is 0 Å². The van der Waals surface area contributed by atoms with Crippen molar-refractivity contribution < 1.29 is 4.79 Å². The van der Waals surface area contributed by atoms with Crippen LogP contribution in [-0.4, -0.2) is 55.9 Å². The number of benzene rings is 1. The zero-order chi connectivity index (χ0) is 14.4. The Bertz CT molecular complexity index is 398. The quantitative estimate of drug-likeness (QED) is 0.705. The summed E-state index contributed by atoms with van der Waals surface area (Å²) >= 11 is 0. The number of likely N-dealkylation sites (N-methyl/N-ethyl adjacent to an activating group) is 1. The molecule has 0 bridgehead atoms. The molecular weight excluding hydrogens is 236 g/mol. The summed E-state index contributed by atoms with van der Waals surface area (Å²) < 4.78 is 0. The van der Waals surface area contributed by atoms with Gasteiger partial charge in [-0.3, -0.25) is 9.69 Å². The predicted octanol–water partition coefficient (Wildman–Crippen LogP) is 2.45. The topological polar surface area (TPSA) is 23.6 Å². The fourth-order valence-electron chi connectivity index (χ4n) is 1.99. The molecule has 0 fully saturated rings. The van der Waals surface area contributed by atoms with Gasteiger partial charge in [0.1, 0.15) is 0 Å². The molecule has 106 valence electrons. The Hall–Kier alpha value is -1.19. The molecule has 3 heteroatoms. The van der Waals surface area contributed by atoms with Gasteiger partial charge < -0.3 is 4.90 Å². The minimum absolute atomic E-state index is 0.0649. The first-order chi connectivity index (χ1) is 8.91. The van der Waals surface area contributed by atoms with Crippen molar-refractivity contribution in [3.63, 3.8) is 0 Å². The SMILES string of the molecule is Cc1ccc(C(=O)C(C)N(C)CCCN(C)C)cc1. The van der Waals surface area contributed by atoms with E-state index in [1.165, 1.54) is 5.56 Å². The number of rotatable bonds is 7. The number of aryl methyl sites for hydroxylation is 1. The van der Waals surface area contributed by atoms with Crippen molar-refractivity contribution in [1.82, 2.24) is 9.80 Å². The van der Waals surface area contributed by atoms with Crippen molar-refractivity contribution in [2.24, 2.45) is 0 Å². The zero-order valence-corrected chi connectivity index (χ0v) is 12.8. The summed E-state index contributed by atoms with van der Waals surface area (Å²) in [4.78, 5) is 16.6.